The van der Waals surface area contributed by atoms with Crippen molar-refractivity contribution in [2.24, 2.45) is 0 Å². The quantitative estimate of drug-likeness (QED) is 0.401. The van der Waals surface area contributed by atoms with Gasteiger partial charge in [-0.25, -0.2) is 0 Å². The van der Waals surface area contributed by atoms with Crippen LogP contribution in [0.15, 0.2) is 84.7 Å². The van der Waals surface area contributed by atoms with E-state index in [0.29, 0.717) is 16.9 Å². The van der Waals surface area contributed by atoms with Gasteiger partial charge in [-0.3, -0.25) is 14.6 Å². The van der Waals surface area contributed by atoms with Crippen molar-refractivity contribution in [1.82, 2.24) is 9.88 Å². The summed E-state index contributed by atoms with van der Waals surface area (Å²) in [6, 6.07) is 18.8. The number of aromatic nitrogens is 1. The molecule has 1 aliphatic heterocycles. The highest BCUT2D eigenvalue weighted by molar-refractivity contribution is 6.46. The van der Waals surface area contributed by atoms with E-state index in [-0.39, 0.29) is 17.9 Å². The Bertz CT molecular complexity index is 1110. The lowest BCUT2D eigenvalue weighted by molar-refractivity contribution is -0.140. The molecule has 30 heavy (non-hydrogen) atoms. The lowest BCUT2D eigenvalue weighted by atomic mass is 9.95. The number of Topliss-reactive ketones (excluding diaryl/α,β-unsaturated/α-hetero) is 1. The van der Waals surface area contributed by atoms with Gasteiger partial charge >= 0.3 is 0 Å². The molecule has 1 atom stereocenters. The largest absolute Gasteiger partial charge is 0.507 e. The van der Waals surface area contributed by atoms with Crippen molar-refractivity contribution >= 4 is 17.4 Å². The summed E-state index contributed by atoms with van der Waals surface area (Å²) in [5, 5.41) is 11.0. The van der Waals surface area contributed by atoms with Crippen LogP contribution in [0.1, 0.15) is 22.7 Å². The summed E-state index contributed by atoms with van der Waals surface area (Å²) < 4.78 is 5.33. The van der Waals surface area contributed by atoms with E-state index < -0.39 is 17.7 Å². The van der Waals surface area contributed by atoms with Gasteiger partial charge in [-0.1, -0.05) is 42.5 Å². The summed E-state index contributed by atoms with van der Waals surface area (Å²) >= 11 is 0. The maximum absolute atomic E-state index is 13.0. The molecule has 3 aromatic rings. The van der Waals surface area contributed by atoms with Crippen LogP contribution in [0.5, 0.6) is 5.75 Å². The minimum atomic E-state index is -0.742. The molecular weight excluding hydrogens is 380 g/mol. The van der Waals surface area contributed by atoms with Crippen molar-refractivity contribution in [3.05, 3.63) is 101 Å². The van der Waals surface area contributed by atoms with E-state index in [1.807, 2.05) is 12.1 Å². The van der Waals surface area contributed by atoms with Crippen molar-refractivity contribution in [3.63, 3.8) is 0 Å². The number of ketones is 1. The molecule has 0 aliphatic carbocycles. The first-order valence-electron chi connectivity index (χ1n) is 9.47. The number of pyridine rings is 1. The molecule has 2 aromatic carbocycles. The number of amides is 1. The third-order valence-corrected chi connectivity index (χ3v) is 5.10. The zero-order valence-electron chi connectivity index (χ0n) is 16.4. The minimum Gasteiger partial charge on any atom is -0.507 e. The second-order valence-corrected chi connectivity index (χ2v) is 6.93. The van der Waals surface area contributed by atoms with Crippen LogP contribution in [0, 0.1) is 0 Å². The Morgan fingerprint density at radius 2 is 1.77 bits per heavy atom. The van der Waals surface area contributed by atoms with Crippen LogP contribution in [0.4, 0.5) is 0 Å². The zero-order chi connectivity index (χ0) is 21.1. The van der Waals surface area contributed by atoms with Gasteiger partial charge in [0, 0.05) is 24.5 Å². The summed E-state index contributed by atoms with van der Waals surface area (Å²) in [6.45, 7) is 0.209. The van der Waals surface area contributed by atoms with Crippen LogP contribution in [0.2, 0.25) is 0 Å². The SMILES string of the molecule is COc1cccc(C2/C(=C(/O)c3ccccc3)C(=O)C(=O)N2Cc2ccncc2)c1. The highest BCUT2D eigenvalue weighted by atomic mass is 16.5. The minimum absolute atomic E-state index is 0.0634. The summed E-state index contributed by atoms with van der Waals surface area (Å²) in [5.74, 6) is -0.962. The molecule has 1 unspecified atom stereocenters. The Morgan fingerprint density at radius 3 is 2.47 bits per heavy atom. The number of likely N-dealkylation sites (tertiary alicyclic amines) is 1. The Hall–Kier alpha value is -3.93. The van der Waals surface area contributed by atoms with Gasteiger partial charge in [0.2, 0.25) is 0 Å². The van der Waals surface area contributed by atoms with Gasteiger partial charge < -0.3 is 14.7 Å². The lowest BCUT2D eigenvalue weighted by Gasteiger charge is -2.25. The molecule has 0 spiro atoms. The molecule has 1 N–H and O–H groups in total. The monoisotopic (exact) mass is 400 g/mol. The Balaban J connectivity index is 1.87. The van der Waals surface area contributed by atoms with Gasteiger partial charge in [-0.2, -0.15) is 0 Å². The molecule has 150 valence electrons. The fourth-order valence-corrected chi connectivity index (χ4v) is 3.64. The highest BCUT2D eigenvalue weighted by Gasteiger charge is 2.46. The predicted octanol–water partition coefficient (Wildman–Crippen LogP) is 3.71. The predicted molar refractivity (Wildman–Crippen MR) is 112 cm³/mol. The van der Waals surface area contributed by atoms with Crippen molar-refractivity contribution in [2.75, 3.05) is 7.11 Å². The van der Waals surface area contributed by atoms with Gasteiger partial charge in [0.05, 0.1) is 18.7 Å². The second kappa shape index (κ2) is 8.21. The van der Waals surface area contributed by atoms with E-state index in [1.54, 1.807) is 74.1 Å². The van der Waals surface area contributed by atoms with Gasteiger partial charge in [0.1, 0.15) is 11.5 Å². The fourth-order valence-electron chi connectivity index (χ4n) is 3.64. The Morgan fingerprint density at radius 1 is 1.03 bits per heavy atom. The highest BCUT2D eigenvalue weighted by Crippen LogP contribution is 2.40. The Kier molecular flexibility index (Phi) is 5.30. The number of aliphatic hydroxyl groups is 1. The first-order chi connectivity index (χ1) is 14.6. The maximum atomic E-state index is 13.0. The van der Waals surface area contributed by atoms with Crippen molar-refractivity contribution in [2.45, 2.75) is 12.6 Å². The topological polar surface area (TPSA) is 79.7 Å². The average molecular weight is 400 g/mol. The molecule has 4 rings (SSSR count). The van der Waals surface area contributed by atoms with E-state index in [9.17, 15) is 14.7 Å². The lowest BCUT2D eigenvalue weighted by Crippen LogP contribution is -2.29. The number of methoxy groups -OCH3 is 1. The van der Waals surface area contributed by atoms with Crippen molar-refractivity contribution < 1.29 is 19.4 Å². The van der Waals surface area contributed by atoms with Gasteiger partial charge in [-0.15, -0.1) is 0 Å². The number of carbonyl (C=O) groups is 2. The standard InChI is InChI=1S/C24H20N2O4/c1-30-19-9-5-8-18(14-19)21-20(22(27)17-6-3-2-4-7-17)23(28)24(29)26(21)15-16-10-12-25-13-11-16/h2-14,21,27H,15H2,1H3/b22-20-. The van der Waals surface area contributed by atoms with Crippen LogP contribution in [0.25, 0.3) is 5.76 Å². The number of hydrogen-bond acceptors (Lipinski definition) is 5. The van der Waals surface area contributed by atoms with Gasteiger partial charge in [0.25, 0.3) is 11.7 Å². The van der Waals surface area contributed by atoms with Crippen LogP contribution < -0.4 is 4.74 Å². The summed E-state index contributed by atoms with van der Waals surface area (Å²) in [5.41, 5.74) is 2.06. The molecule has 0 bridgehead atoms. The average Bonchev–Trinajstić information content (AvgIpc) is 3.05. The Labute approximate surface area is 174 Å². The molecule has 6 heteroatoms. The van der Waals surface area contributed by atoms with E-state index in [0.717, 1.165) is 5.56 Å². The van der Waals surface area contributed by atoms with Crippen LogP contribution in [-0.4, -0.2) is 33.8 Å². The number of hydrogen-bond donors (Lipinski definition) is 1. The molecule has 2 heterocycles. The van der Waals surface area contributed by atoms with E-state index in [2.05, 4.69) is 4.98 Å². The number of aliphatic hydroxyl groups excluding tert-OH is 1. The molecule has 0 radical (unpaired) electrons. The van der Waals surface area contributed by atoms with Crippen LogP contribution in [-0.2, 0) is 16.1 Å². The number of benzene rings is 2. The van der Waals surface area contributed by atoms with Crippen molar-refractivity contribution in [1.29, 1.82) is 0 Å². The summed E-state index contributed by atoms with van der Waals surface area (Å²) in [7, 11) is 1.55. The third-order valence-electron chi connectivity index (χ3n) is 5.10. The molecule has 1 aromatic heterocycles. The second-order valence-electron chi connectivity index (χ2n) is 6.93. The van der Waals surface area contributed by atoms with E-state index >= 15 is 0 Å². The van der Waals surface area contributed by atoms with E-state index in [1.165, 1.54) is 4.90 Å². The fraction of sp³-hybridized carbons (Fsp3) is 0.125. The van der Waals surface area contributed by atoms with Crippen LogP contribution in [0.3, 0.4) is 0 Å². The number of carbonyl (C=O) groups excluding carboxylic acids is 2. The summed E-state index contributed by atoms with van der Waals surface area (Å²) in [6.07, 6.45) is 3.27. The first-order valence-corrected chi connectivity index (χ1v) is 9.47. The van der Waals surface area contributed by atoms with Crippen LogP contribution >= 0.6 is 0 Å². The van der Waals surface area contributed by atoms with Gasteiger partial charge in [-0.05, 0) is 35.4 Å². The number of rotatable bonds is 5. The smallest absolute Gasteiger partial charge is 0.295 e. The molecule has 6 nitrogen and oxygen atoms in total. The third kappa shape index (κ3) is 3.55. The first kappa shape index (κ1) is 19.4. The molecular formula is C24H20N2O4. The van der Waals surface area contributed by atoms with Gasteiger partial charge in [0.15, 0.2) is 0 Å². The molecule has 1 aliphatic rings. The molecule has 1 amide bonds. The molecule has 1 fully saturated rings. The zero-order valence-corrected chi connectivity index (χ0v) is 16.4. The van der Waals surface area contributed by atoms with E-state index in [4.69, 9.17) is 4.74 Å². The normalized spacial score (nSPS) is 17.9. The maximum Gasteiger partial charge on any atom is 0.295 e. The number of nitrogens with zero attached hydrogens (tertiary/aromatic N) is 2. The molecule has 1 saturated heterocycles. The summed E-state index contributed by atoms with van der Waals surface area (Å²) in [4.78, 5) is 31.5. The molecule has 0 saturated carbocycles. The number of ether oxygens (including phenoxy) is 1. The van der Waals surface area contributed by atoms with Crippen molar-refractivity contribution in [3.8, 4) is 5.75 Å².